The number of hydrogen-bond acceptors (Lipinski definition) is 4. The largest absolute Gasteiger partial charge is 0.401 e. The van der Waals surface area contributed by atoms with Gasteiger partial charge in [0, 0.05) is 25.5 Å². The monoisotopic (exact) mass is 300 g/mol. The number of nitrogens with zero attached hydrogens (tertiary/aromatic N) is 3. The summed E-state index contributed by atoms with van der Waals surface area (Å²) >= 11 is 0. The molecule has 0 aliphatic rings. The van der Waals surface area contributed by atoms with Gasteiger partial charge in [-0.1, -0.05) is 6.07 Å². The molecule has 1 amide bonds. The highest BCUT2D eigenvalue weighted by atomic mass is 19.4. The van der Waals surface area contributed by atoms with E-state index in [1.807, 2.05) is 6.07 Å². The molecule has 114 valence electrons. The smallest absolute Gasteiger partial charge is 0.336 e. The van der Waals surface area contributed by atoms with Gasteiger partial charge in [0.2, 0.25) is 5.91 Å². The minimum absolute atomic E-state index is 0.116. The average molecular weight is 300 g/mol. The van der Waals surface area contributed by atoms with Crippen molar-refractivity contribution >= 4 is 5.91 Å². The zero-order valence-corrected chi connectivity index (χ0v) is 11.2. The van der Waals surface area contributed by atoms with Gasteiger partial charge in [0.1, 0.15) is 0 Å². The molecule has 0 atom stereocenters. The highest BCUT2D eigenvalue weighted by Crippen LogP contribution is 2.12. The van der Waals surface area contributed by atoms with Crippen molar-refractivity contribution in [2.45, 2.75) is 19.1 Å². The third-order valence-electron chi connectivity index (χ3n) is 2.54. The maximum Gasteiger partial charge on any atom is 0.401 e. The van der Waals surface area contributed by atoms with E-state index in [1.54, 1.807) is 24.5 Å². The Morgan fingerprint density at radius 3 is 2.81 bits per heavy atom. The number of pyridine rings is 1. The lowest BCUT2D eigenvalue weighted by Gasteiger charge is -2.22. The van der Waals surface area contributed by atoms with Gasteiger partial charge in [-0.2, -0.15) is 18.4 Å². The van der Waals surface area contributed by atoms with Crippen molar-refractivity contribution in [1.29, 1.82) is 5.26 Å². The van der Waals surface area contributed by atoms with Crippen molar-refractivity contribution < 1.29 is 18.0 Å². The Morgan fingerprint density at radius 2 is 2.24 bits per heavy atom. The van der Waals surface area contributed by atoms with E-state index in [2.05, 4.69) is 10.3 Å². The van der Waals surface area contributed by atoms with E-state index >= 15 is 0 Å². The maximum atomic E-state index is 12.0. The first-order chi connectivity index (χ1) is 9.92. The first-order valence-electron chi connectivity index (χ1n) is 6.23. The SMILES string of the molecule is N#CCCN(Cc1cccnc1)C(=O)CNCC(F)(F)F. The quantitative estimate of drug-likeness (QED) is 0.828. The van der Waals surface area contributed by atoms with Gasteiger partial charge in [0.05, 0.1) is 25.6 Å². The van der Waals surface area contributed by atoms with Gasteiger partial charge < -0.3 is 10.2 Å². The normalized spacial score (nSPS) is 11.0. The van der Waals surface area contributed by atoms with Gasteiger partial charge in [-0.15, -0.1) is 0 Å². The summed E-state index contributed by atoms with van der Waals surface area (Å²) in [5, 5.41) is 10.6. The Balaban J connectivity index is 2.56. The van der Waals surface area contributed by atoms with Crippen LogP contribution in [0.3, 0.4) is 0 Å². The van der Waals surface area contributed by atoms with E-state index < -0.39 is 25.2 Å². The van der Waals surface area contributed by atoms with Crippen LogP contribution in [0.15, 0.2) is 24.5 Å². The zero-order chi connectivity index (χ0) is 15.7. The Kier molecular flexibility index (Phi) is 6.62. The van der Waals surface area contributed by atoms with Gasteiger partial charge >= 0.3 is 6.18 Å². The van der Waals surface area contributed by atoms with E-state index in [0.717, 1.165) is 5.56 Å². The van der Waals surface area contributed by atoms with Gasteiger partial charge in [-0.25, -0.2) is 0 Å². The van der Waals surface area contributed by atoms with Crippen LogP contribution in [0.4, 0.5) is 13.2 Å². The third kappa shape index (κ3) is 7.27. The number of amides is 1. The Hall–Kier alpha value is -2.14. The van der Waals surface area contributed by atoms with Crippen molar-refractivity contribution in [1.82, 2.24) is 15.2 Å². The standard InChI is InChI=1S/C13H15F3N4O/c14-13(15,16)10-19-8-12(21)20(6-2-4-17)9-11-3-1-5-18-7-11/h1,3,5,7,19H,2,6,8-10H2. The molecular formula is C13H15F3N4O. The third-order valence-corrected chi connectivity index (χ3v) is 2.54. The summed E-state index contributed by atoms with van der Waals surface area (Å²) in [7, 11) is 0. The molecule has 0 radical (unpaired) electrons. The van der Waals surface area contributed by atoms with Crippen molar-refractivity contribution in [2.75, 3.05) is 19.6 Å². The summed E-state index contributed by atoms with van der Waals surface area (Å²) in [6.45, 7) is -1.27. The van der Waals surface area contributed by atoms with E-state index in [0.29, 0.717) is 0 Å². The van der Waals surface area contributed by atoms with Crippen LogP contribution in [0.25, 0.3) is 0 Å². The van der Waals surface area contributed by atoms with Crippen molar-refractivity contribution in [3.63, 3.8) is 0 Å². The van der Waals surface area contributed by atoms with Crippen molar-refractivity contribution in [2.24, 2.45) is 0 Å². The van der Waals surface area contributed by atoms with Crippen molar-refractivity contribution in [3.05, 3.63) is 30.1 Å². The van der Waals surface area contributed by atoms with Crippen molar-refractivity contribution in [3.8, 4) is 6.07 Å². The van der Waals surface area contributed by atoms with Crippen LogP contribution in [0, 0.1) is 11.3 Å². The number of rotatable bonds is 7. The molecule has 0 fully saturated rings. The molecule has 21 heavy (non-hydrogen) atoms. The number of carbonyl (C=O) groups is 1. The highest BCUT2D eigenvalue weighted by Gasteiger charge is 2.27. The fourth-order valence-electron chi connectivity index (χ4n) is 1.61. The predicted molar refractivity (Wildman–Crippen MR) is 68.8 cm³/mol. The molecular weight excluding hydrogens is 285 g/mol. The molecule has 8 heteroatoms. The molecule has 0 aliphatic heterocycles. The Morgan fingerprint density at radius 1 is 1.48 bits per heavy atom. The molecule has 1 rings (SSSR count). The van der Waals surface area contributed by atoms with Crippen LogP contribution in [0.1, 0.15) is 12.0 Å². The van der Waals surface area contributed by atoms with Crippen LogP contribution in [0.5, 0.6) is 0 Å². The lowest BCUT2D eigenvalue weighted by Crippen LogP contribution is -2.41. The number of nitriles is 1. The lowest BCUT2D eigenvalue weighted by molar-refractivity contribution is -0.134. The molecule has 0 unspecified atom stereocenters. The van der Waals surface area contributed by atoms with Gasteiger partial charge in [0.25, 0.3) is 0 Å². The molecule has 1 heterocycles. The van der Waals surface area contributed by atoms with Crippen LogP contribution in [-0.2, 0) is 11.3 Å². The predicted octanol–water partition coefficient (Wildman–Crippen LogP) is 1.48. The van der Waals surface area contributed by atoms with Gasteiger partial charge in [-0.3, -0.25) is 9.78 Å². The minimum Gasteiger partial charge on any atom is -0.336 e. The van der Waals surface area contributed by atoms with Crippen LogP contribution in [-0.4, -0.2) is 41.6 Å². The Bertz CT molecular complexity index is 484. The molecule has 1 aromatic heterocycles. The van der Waals surface area contributed by atoms with Gasteiger partial charge in [0.15, 0.2) is 0 Å². The van der Waals surface area contributed by atoms with E-state index in [1.165, 1.54) is 4.90 Å². The maximum absolute atomic E-state index is 12.0. The number of aromatic nitrogens is 1. The van der Waals surface area contributed by atoms with E-state index in [9.17, 15) is 18.0 Å². The molecule has 0 aliphatic carbocycles. The summed E-state index contributed by atoms with van der Waals surface area (Å²) in [6.07, 6.45) is -1.10. The number of nitrogens with one attached hydrogen (secondary N) is 1. The second kappa shape index (κ2) is 8.21. The molecule has 0 aromatic carbocycles. The second-order valence-corrected chi connectivity index (χ2v) is 4.30. The summed E-state index contributed by atoms with van der Waals surface area (Å²) in [4.78, 5) is 17.1. The summed E-state index contributed by atoms with van der Waals surface area (Å²) in [5.41, 5.74) is 0.750. The molecule has 0 saturated heterocycles. The molecule has 0 bridgehead atoms. The average Bonchev–Trinajstić information content (AvgIpc) is 2.43. The summed E-state index contributed by atoms with van der Waals surface area (Å²) < 4.78 is 36.1. The fourth-order valence-corrected chi connectivity index (χ4v) is 1.61. The van der Waals surface area contributed by atoms with E-state index in [4.69, 9.17) is 5.26 Å². The topological polar surface area (TPSA) is 69.0 Å². The van der Waals surface area contributed by atoms with E-state index in [-0.39, 0.29) is 19.5 Å². The van der Waals surface area contributed by atoms with Crippen LogP contribution >= 0.6 is 0 Å². The number of halogens is 3. The molecule has 1 aromatic rings. The van der Waals surface area contributed by atoms with Crippen LogP contribution < -0.4 is 5.32 Å². The number of hydrogen-bond donors (Lipinski definition) is 1. The molecule has 0 spiro atoms. The zero-order valence-electron chi connectivity index (χ0n) is 11.2. The fraction of sp³-hybridized carbons (Fsp3) is 0.462. The first kappa shape index (κ1) is 16.9. The minimum atomic E-state index is -4.36. The first-order valence-corrected chi connectivity index (χ1v) is 6.23. The lowest BCUT2D eigenvalue weighted by atomic mass is 10.2. The molecule has 0 saturated carbocycles. The van der Waals surface area contributed by atoms with Crippen LogP contribution in [0.2, 0.25) is 0 Å². The molecule has 1 N–H and O–H groups in total. The second-order valence-electron chi connectivity index (χ2n) is 4.30. The summed E-state index contributed by atoms with van der Waals surface area (Å²) in [6, 6.07) is 5.36. The molecule has 5 nitrogen and oxygen atoms in total. The number of alkyl halides is 3. The van der Waals surface area contributed by atoms with Gasteiger partial charge in [-0.05, 0) is 11.6 Å². The highest BCUT2D eigenvalue weighted by molar-refractivity contribution is 5.78. The summed E-state index contributed by atoms with van der Waals surface area (Å²) in [5.74, 6) is -0.488. The number of carbonyl (C=O) groups excluding carboxylic acids is 1. The Labute approximate surface area is 120 Å².